The second kappa shape index (κ2) is 7.24. The summed E-state index contributed by atoms with van der Waals surface area (Å²) < 4.78 is 0. The Labute approximate surface area is 128 Å². The van der Waals surface area contributed by atoms with Gasteiger partial charge in [0, 0.05) is 12.1 Å². The fraction of sp³-hybridized carbons (Fsp3) is 0.333. The summed E-state index contributed by atoms with van der Waals surface area (Å²) in [5, 5.41) is 19.6. The van der Waals surface area contributed by atoms with Crippen LogP contribution in [0.1, 0.15) is 30.3 Å². The van der Waals surface area contributed by atoms with Crippen LogP contribution in [-0.4, -0.2) is 33.9 Å². The molecule has 0 spiro atoms. The van der Waals surface area contributed by atoms with Gasteiger partial charge in [0.15, 0.2) is 0 Å². The van der Waals surface area contributed by atoms with Crippen LogP contribution >= 0.6 is 11.6 Å². The number of rotatable bonds is 6. The molecule has 2 rings (SSSR count). The van der Waals surface area contributed by atoms with Crippen molar-refractivity contribution in [3.63, 3.8) is 0 Å². The number of aliphatic hydroxyl groups is 1. The van der Waals surface area contributed by atoms with Gasteiger partial charge in [0.25, 0.3) is 5.91 Å². The van der Waals surface area contributed by atoms with E-state index in [1.165, 1.54) is 0 Å². The first kappa shape index (κ1) is 15.5. The van der Waals surface area contributed by atoms with Gasteiger partial charge in [0.1, 0.15) is 5.69 Å². The predicted molar refractivity (Wildman–Crippen MR) is 82.3 cm³/mol. The number of hydrogen-bond acceptors (Lipinski definition) is 3. The summed E-state index contributed by atoms with van der Waals surface area (Å²) in [5.41, 5.74) is 1.77. The summed E-state index contributed by atoms with van der Waals surface area (Å²) in [4.78, 5) is 11.9. The van der Waals surface area contributed by atoms with Crippen LogP contribution in [-0.2, 0) is 0 Å². The molecule has 0 radical (unpaired) electrons. The summed E-state index contributed by atoms with van der Waals surface area (Å²) in [6.45, 7) is 2.32. The first-order chi connectivity index (χ1) is 10.1. The zero-order valence-corrected chi connectivity index (χ0v) is 12.5. The minimum absolute atomic E-state index is 0.246. The summed E-state index contributed by atoms with van der Waals surface area (Å²) in [5.74, 6) is -0.246. The number of hydrogen-bond donors (Lipinski definition) is 3. The maximum absolute atomic E-state index is 11.9. The molecule has 0 aliphatic carbocycles. The largest absolute Gasteiger partial charge is 0.393 e. The molecule has 0 bridgehead atoms. The molecule has 3 N–H and O–H groups in total. The topological polar surface area (TPSA) is 78.0 Å². The zero-order chi connectivity index (χ0) is 15.2. The van der Waals surface area contributed by atoms with Crippen molar-refractivity contribution >= 4 is 17.5 Å². The second-order valence-corrected chi connectivity index (χ2v) is 5.16. The number of aromatic amines is 1. The van der Waals surface area contributed by atoms with Crippen LogP contribution in [0, 0.1) is 0 Å². The Morgan fingerprint density at radius 2 is 2.24 bits per heavy atom. The Hall–Kier alpha value is -1.85. The third-order valence-electron chi connectivity index (χ3n) is 3.21. The lowest BCUT2D eigenvalue weighted by Gasteiger charge is -2.07. The van der Waals surface area contributed by atoms with E-state index in [4.69, 9.17) is 11.6 Å². The van der Waals surface area contributed by atoms with Gasteiger partial charge in [-0.15, -0.1) is 0 Å². The van der Waals surface area contributed by atoms with Gasteiger partial charge in [-0.25, -0.2) is 0 Å². The van der Waals surface area contributed by atoms with E-state index in [0.717, 1.165) is 5.56 Å². The van der Waals surface area contributed by atoms with E-state index in [-0.39, 0.29) is 12.0 Å². The molecule has 2 aromatic rings. The molecular formula is C15H18ClN3O2. The molecule has 112 valence electrons. The van der Waals surface area contributed by atoms with E-state index in [2.05, 4.69) is 15.5 Å². The highest BCUT2D eigenvalue weighted by Crippen LogP contribution is 2.26. The lowest BCUT2D eigenvalue weighted by Crippen LogP contribution is -2.27. The number of aromatic nitrogens is 2. The Morgan fingerprint density at radius 1 is 1.48 bits per heavy atom. The molecule has 1 aromatic heterocycles. The van der Waals surface area contributed by atoms with Crippen LogP contribution in [0.5, 0.6) is 0 Å². The SMILES string of the molecule is CCC(O)CCNC(=O)c1cc(-c2ccccc2Cl)n[nH]1. The van der Waals surface area contributed by atoms with E-state index < -0.39 is 0 Å². The van der Waals surface area contributed by atoms with Crippen LogP contribution in [0.25, 0.3) is 11.3 Å². The maximum atomic E-state index is 11.9. The third-order valence-corrected chi connectivity index (χ3v) is 3.54. The smallest absolute Gasteiger partial charge is 0.269 e. The number of amides is 1. The molecule has 1 unspecified atom stereocenters. The minimum atomic E-state index is -0.384. The van der Waals surface area contributed by atoms with Crippen molar-refractivity contribution < 1.29 is 9.90 Å². The van der Waals surface area contributed by atoms with E-state index in [9.17, 15) is 9.90 Å². The summed E-state index contributed by atoms with van der Waals surface area (Å²) >= 11 is 6.10. The van der Waals surface area contributed by atoms with E-state index in [1.807, 2.05) is 25.1 Å². The van der Waals surface area contributed by atoms with Gasteiger partial charge < -0.3 is 10.4 Å². The highest BCUT2D eigenvalue weighted by molar-refractivity contribution is 6.33. The number of carbonyl (C=O) groups excluding carboxylic acids is 1. The predicted octanol–water partition coefficient (Wildman–Crippen LogP) is 2.62. The number of aliphatic hydroxyl groups excluding tert-OH is 1. The quantitative estimate of drug-likeness (QED) is 0.767. The second-order valence-electron chi connectivity index (χ2n) is 4.75. The van der Waals surface area contributed by atoms with Crippen LogP contribution in [0.3, 0.4) is 0 Å². The van der Waals surface area contributed by atoms with Crippen molar-refractivity contribution in [3.05, 3.63) is 41.0 Å². The number of nitrogens with zero attached hydrogens (tertiary/aromatic N) is 1. The van der Waals surface area contributed by atoms with Crippen molar-refractivity contribution in [1.82, 2.24) is 15.5 Å². The molecule has 1 amide bonds. The molecule has 0 aliphatic heterocycles. The Bertz CT molecular complexity index is 612. The average molecular weight is 308 g/mol. The number of benzene rings is 1. The highest BCUT2D eigenvalue weighted by atomic mass is 35.5. The van der Waals surface area contributed by atoms with Crippen molar-refractivity contribution in [1.29, 1.82) is 0 Å². The first-order valence-electron chi connectivity index (χ1n) is 6.88. The van der Waals surface area contributed by atoms with Gasteiger partial charge in [0.05, 0.1) is 16.8 Å². The van der Waals surface area contributed by atoms with E-state index >= 15 is 0 Å². The minimum Gasteiger partial charge on any atom is -0.393 e. The van der Waals surface area contributed by atoms with Crippen LogP contribution < -0.4 is 5.32 Å². The molecule has 5 nitrogen and oxygen atoms in total. The van der Waals surface area contributed by atoms with Gasteiger partial charge in [0.2, 0.25) is 0 Å². The van der Waals surface area contributed by atoms with Crippen molar-refractivity contribution in [2.45, 2.75) is 25.9 Å². The number of nitrogens with one attached hydrogen (secondary N) is 2. The molecule has 0 aliphatic rings. The molecule has 1 heterocycles. The zero-order valence-electron chi connectivity index (χ0n) is 11.8. The third kappa shape index (κ3) is 4.06. The Kier molecular flexibility index (Phi) is 5.36. The van der Waals surface area contributed by atoms with Gasteiger partial charge in [-0.2, -0.15) is 5.10 Å². The summed E-state index contributed by atoms with van der Waals surface area (Å²) in [6.07, 6.45) is 0.829. The standard InChI is InChI=1S/C15H18ClN3O2/c1-2-10(20)7-8-17-15(21)14-9-13(18-19-14)11-5-3-4-6-12(11)16/h3-6,9-10,20H,2,7-8H2,1H3,(H,17,21)(H,18,19). The summed E-state index contributed by atoms with van der Waals surface area (Å²) in [7, 11) is 0. The van der Waals surface area contributed by atoms with E-state index in [1.54, 1.807) is 12.1 Å². The van der Waals surface area contributed by atoms with Crippen LogP contribution in [0.15, 0.2) is 30.3 Å². The lowest BCUT2D eigenvalue weighted by atomic mass is 10.1. The van der Waals surface area contributed by atoms with E-state index in [0.29, 0.717) is 35.8 Å². The fourth-order valence-corrected chi connectivity index (χ4v) is 2.13. The lowest BCUT2D eigenvalue weighted by molar-refractivity contribution is 0.0937. The molecule has 0 fully saturated rings. The molecule has 0 saturated heterocycles. The van der Waals surface area contributed by atoms with Crippen LogP contribution in [0.2, 0.25) is 5.02 Å². The average Bonchev–Trinajstić information content (AvgIpc) is 2.97. The monoisotopic (exact) mass is 307 g/mol. The van der Waals surface area contributed by atoms with Gasteiger partial charge in [-0.1, -0.05) is 36.7 Å². The molecule has 6 heteroatoms. The molecule has 0 saturated carbocycles. The molecule has 1 aromatic carbocycles. The van der Waals surface area contributed by atoms with Crippen LogP contribution in [0.4, 0.5) is 0 Å². The Morgan fingerprint density at radius 3 is 2.95 bits per heavy atom. The molecule has 1 atom stereocenters. The van der Waals surface area contributed by atoms with Gasteiger partial charge in [-0.05, 0) is 25.0 Å². The van der Waals surface area contributed by atoms with Gasteiger partial charge in [-0.3, -0.25) is 9.89 Å². The number of H-pyrrole nitrogens is 1. The Balaban J connectivity index is 2.00. The highest BCUT2D eigenvalue weighted by Gasteiger charge is 2.12. The number of halogens is 1. The fourth-order valence-electron chi connectivity index (χ4n) is 1.90. The molecule has 21 heavy (non-hydrogen) atoms. The normalized spacial score (nSPS) is 12.1. The van der Waals surface area contributed by atoms with Crippen molar-refractivity contribution in [2.75, 3.05) is 6.54 Å². The van der Waals surface area contributed by atoms with Crippen molar-refractivity contribution in [2.24, 2.45) is 0 Å². The van der Waals surface area contributed by atoms with Crippen molar-refractivity contribution in [3.8, 4) is 11.3 Å². The first-order valence-corrected chi connectivity index (χ1v) is 7.26. The number of carbonyl (C=O) groups is 1. The summed E-state index contributed by atoms with van der Waals surface area (Å²) in [6, 6.07) is 8.98. The van der Waals surface area contributed by atoms with Gasteiger partial charge >= 0.3 is 0 Å². The maximum Gasteiger partial charge on any atom is 0.269 e. The molecular weight excluding hydrogens is 290 g/mol.